The van der Waals surface area contributed by atoms with Crippen molar-refractivity contribution in [1.29, 1.82) is 0 Å². The van der Waals surface area contributed by atoms with Crippen molar-refractivity contribution >= 4 is 23.5 Å². The van der Waals surface area contributed by atoms with Crippen molar-refractivity contribution in [2.75, 3.05) is 0 Å². The van der Waals surface area contributed by atoms with Gasteiger partial charge in [-0.15, -0.1) is 11.3 Å². The number of nitrogens with zero attached hydrogens (tertiary/aromatic N) is 3. The quantitative estimate of drug-likeness (QED) is 0.917. The second-order valence-corrected chi connectivity index (χ2v) is 7.77. The number of carbonyl (C=O) groups excluding carboxylic acids is 1. The molecule has 2 atom stereocenters. The maximum atomic E-state index is 12.9. The highest BCUT2D eigenvalue weighted by Crippen LogP contribution is 2.44. The van der Waals surface area contributed by atoms with E-state index in [1.807, 2.05) is 31.3 Å². The monoisotopic (exact) mass is 352 g/mol. The summed E-state index contributed by atoms with van der Waals surface area (Å²) in [5, 5.41) is 4.08. The minimum atomic E-state index is -0.206. The van der Waals surface area contributed by atoms with Gasteiger partial charge in [-0.3, -0.25) is 14.8 Å². The van der Waals surface area contributed by atoms with E-state index in [0.717, 1.165) is 29.1 Å². The normalized spacial score (nSPS) is 23.4. The zero-order valence-electron chi connectivity index (χ0n) is 14.3. The zero-order valence-corrected chi connectivity index (χ0v) is 15.1. The maximum absolute atomic E-state index is 12.9. The van der Waals surface area contributed by atoms with E-state index in [1.165, 1.54) is 11.3 Å². The number of aliphatic imine (C=N–C) groups is 1. The molecule has 0 aromatic carbocycles. The Morgan fingerprint density at radius 3 is 2.92 bits per heavy atom. The number of aromatic nitrogens is 2. The number of amides is 1. The molecule has 1 saturated carbocycles. The Labute approximate surface area is 150 Å². The number of thiazole rings is 1. The third-order valence-electron chi connectivity index (χ3n) is 4.87. The molecule has 4 rings (SSSR count). The third kappa shape index (κ3) is 3.02. The van der Waals surface area contributed by atoms with E-state index >= 15 is 0 Å². The summed E-state index contributed by atoms with van der Waals surface area (Å²) in [6.45, 7) is 4.04. The number of nitrogens with one attached hydrogen (secondary N) is 1. The molecule has 2 aromatic heterocycles. The Morgan fingerprint density at radius 2 is 2.24 bits per heavy atom. The van der Waals surface area contributed by atoms with Gasteiger partial charge in [0, 0.05) is 24.2 Å². The lowest BCUT2D eigenvalue weighted by molar-refractivity contribution is 0.0924. The number of hydrogen-bond acceptors (Lipinski definition) is 5. The molecule has 0 saturated heterocycles. The summed E-state index contributed by atoms with van der Waals surface area (Å²) in [5.74, 6) is 0.293. The van der Waals surface area contributed by atoms with Crippen molar-refractivity contribution in [2.45, 2.75) is 38.3 Å². The third-order valence-corrected chi connectivity index (χ3v) is 6.08. The highest BCUT2D eigenvalue weighted by molar-refractivity contribution is 7.17. The zero-order chi connectivity index (χ0) is 17.4. The van der Waals surface area contributed by atoms with Gasteiger partial charge < -0.3 is 5.32 Å². The van der Waals surface area contributed by atoms with Crippen molar-refractivity contribution in [3.8, 4) is 10.6 Å². The minimum Gasteiger partial charge on any atom is -0.344 e. The molecule has 2 unspecified atom stereocenters. The number of carbonyl (C=O) groups is 1. The first-order valence-corrected chi connectivity index (χ1v) is 9.31. The average Bonchev–Trinajstić information content (AvgIpc) is 3.28. The van der Waals surface area contributed by atoms with Gasteiger partial charge in [0.2, 0.25) is 0 Å². The molecule has 2 aromatic rings. The van der Waals surface area contributed by atoms with Crippen LogP contribution >= 0.6 is 11.3 Å². The molecule has 1 aliphatic heterocycles. The minimum absolute atomic E-state index is 0.0420. The van der Waals surface area contributed by atoms with E-state index in [9.17, 15) is 4.79 Å². The van der Waals surface area contributed by atoms with Gasteiger partial charge in [0.25, 0.3) is 5.91 Å². The molecule has 1 aliphatic carbocycles. The standard InChI is InChI=1S/C19H20N4OS/c1-12-5-3-10-21-16(12)19(7-8-19)23-17(24)15-13(2)22-18(25-15)14-6-4-9-20-11-14/h3-6,9-12,16H,7-8H2,1-2H3,(H,23,24). The molecular weight excluding hydrogens is 332 g/mol. The van der Waals surface area contributed by atoms with Crippen molar-refractivity contribution in [3.05, 3.63) is 47.2 Å². The predicted octanol–water partition coefficient (Wildman–Crippen LogP) is 3.42. The summed E-state index contributed by atoms with van der Waals surface area (Å²) in [6, 6.07) is 3.95. The van der Waals surface area contributed by atoms with E-state index in [2.05, 4.69) is 33.3 Å². The Morgan fingerprint density at radius 1 is 1.40 bits per heavy atom. The van der Waals surface area contributed by atoms with Crippen LogP contribution in [-0.2, 0) is 0 Å². The Hall–Kier alpha value is -2.34. The van der Waals surface area contributed by atoms with E-state index in [-0.39, 0.29) is 17.5 Å². The molecule has 1 fully saturated rings. The number of aryl methyl sites for hydroxylation is 1. The van der Waals surface area contributed by atoms with Crippen LogP contribution < -0.4 is 5.32 Å². The van der Waals surface area contributed by atoms with Crippen LogP contribution in [0.3, 0.4) is 0 Å². The molecular formula is C19H20N4OS. The predicted molar refractivity (Wildman–Crippen MR) is 100 cm³/mol. The van der Waals surface area contributed by atoms with Gasteiger partial charge in [0.15, 0.2) is 0 Å². The van der Waals surface area contributed by atoms with Crippen molar-refractivity contribution in [1.82, 2.24) is 15.3 Å². The Kier molecular flexibility index (Phi) is 4.00. The topological polar surface area (TPSA) is 67.2 Å². The molecule has 1 amide bonds. The van der Waals surface area contributed by atoms with E-state index in [0.29, 0.717) is 10.8 Å². The molecule has 0 bridgehead atoms. The number of allylic oxidation sites excluding steroid dienone is 1. The van der Waals surface area contributed by atoms with Crippen LogP contribution in [0.1, 0.15) is 35.1 Å². The average molecular weight is 352 g/mol. The van der Waals surface area contributed by atoms with Crippen LogP contribution in [0.25, 0.3) is 10.6 Å². The van der Waals surface area contributed by atoms with Crippen LogP contribution in [0.2, 0.25) is 0 Å². The van der Waals surface area contributed by atoms with Crippen LogP contribution in [-0.4, -0.2) is 33.7 Å². The number of rotatable bonds is 4. The van der Waals surface area contributed by atoms with E-state index in [4.69, 9.17) is 0 Å². The first-order valence-electron chi connectivity index (χ1n) is 8.49. The second kappa shape index (κ2) is 6.19. The highest BCUT2D eigenvalue weighted by atomic mass is 32.1. The molecule has 128 valence electrons. The lowest BCUT2D eigenvalue weighted by Gasteiger charge is -2.29. The molecule has 25 heavy (non-hydrogen) atoms. The SMILES string of the molecule is Cc1nc(-c2cccnc2)sc1C(=O)NC1(C2N=CC=CC2C)CC1. The lowest BCUT2D eigenvalue weighted by atomic mass is 9.91. The first kappa shape index (κ1) is 16.1. The Balaban J connectivity index is 1.55. The summed E-state index contributed by atoms with van der Waals surface area (Å²) in [7, 11) is 0. The van der Waals surface area contributed by atoms with Gasteiger partial charge >= 0.3 is 0 Å². The molecule has 5 nitrogen and oxygen atoms in total. The molecule has 2 aliphatic rings. The molecule has 6 heteroatoms. The van der Waals surface area contributed by atoms with Gasteiger partial charge in [0.05, 0.1) is 17.3 Å². The van der Waals surface area contributed by atoms with Crippen LogP contribution in [0, 0.1) is 12.8 Å². The second-order valence-electron chi connectivity index (χ2n) is 6.77. The number of dihydropyridines is 1. The van der Waals surface area contributed by atoms with E-state index in [1.54, 1.807) is 12.4 Å². The van der Waals surface area contributed by atoms with Crippen LogP contribution in [0.5, 0.6) is 0 Å². The fourth-order valence-electron chi connectivity index (χ4n) is 3.39. The molecule has 1 N–H and O–H groups in total. The van der Waals surface area contributed by atoms with Crippen LogP contribution in [0.15, 0.2) is 41.7 Å². The summed E-state index contributed by atoms with van der Waals surface area (Å²) < 4.78 is 0. The van der Waals surface area contributed by atoms with Gasteiger partial charge in [-0.05, 0) is 43.9 Å². The van der Waals surface area contributed by atoms with Gasteiger partial charge in [-0.1, -0.05) is 13.0 Å². The number of hydrogen-bond donors (Lipinski definition) is 1. The largest absolute Gasteiger partial charge is 0.344 e. The molecule has 3 heterocycles. The van der Waals surface area contributed by atoms with Gasteiger partial charge in [0.1, 0.15) is 9.88 Å². The smallest absolute Gasteiger partial charge is 0.263 e. The van der Waals surface area contributed by atoms with Crippen molar-refractivity contribution in [2.24, 2.45) is 10.9 Å². The maximum Gasteiger partial charge on any atom is 0.263 e. The van der Waals surface area contributed by atoms with Crippen LogP contribution in [0.4, 0.5) is 0 Å². The number of pyridine rings is 1. The Bertz CT molecular complexity index is 852. The molecule has 0 radical (unpaired) electrons. The summed E-state index contributed by atoms with van der Waals surface area (Å²) in [5.41, 5.74) is 1.49. The fourth-order valence-corrected chi connectivity index (χ4v) is 4.34. The lowest BCUT2D eigenvalue weighted by Crippen LogP contribution is -2.47. The summed E-state index contributed by atoms with van der Waals surface area (Å²) in [6.07, 6.45) is 11.4. The first-order chi connectivity index (χ1) is 12.1. The summed E-state index contributed by atoms with van der Waals surface area (Å²) >= 11 is 1.42. The highest BCUT2D eigenvalue weighted by Gasteiger charge is 2.52. The van der Waals surface area contributed by atoms with Gasteiger partial charge in [-0.2, -0.15) is 0 Å². The summed E-state index contributed by atoms with van der Waals surface area (Å²) in [4.78, 5) is 26.9. The van der Waals surface area contributed by atoms with Crippen molar-refractivity contribution < 1.29 is 4.79 Å². The van der Waals surface area contributed by atoms with Crippen molar-refractivity contribution in [3.63, 3.8) is 0 Å². The van der Waals surface area contributed by atoms with E-state index < -0.39 is 0 Å². The molecule has 0 spiro atoms. The fraction of sp³-hybridized carbons (Fsp3) is 0.368. The van der Waals surface area contributed by atoms with Gasteiger partial charge in [-0.25, -0.2) is 4.98 Å².